The van der Waals surface area contributed by atoms with Gasteiger partial charge in [-0.05, 0) is 12.5 Å². The Morgan fingerprint density at radius 2 is 2.20 bits per heavy atom. The normalized spacial score (nSPS) is 12.5. The highest BCUT2D eigenvalue weighted by Gasteiger charge is 2.06. The Labute approximate surface area is 122 Å². The Bertz CT molecular complexity index is 592. The summed E-state index contributed by atoms with van der Waals surface area (Å²) in [6, 6.07) is 10.0. The van der Waals surface area contributed by atoms with Crippen LogP contribution in [0.25, 0.3) is 0 Å². The lowest BCUT2D eigenvalue weighted by molar-refractivity contribution is -0.120. The van der Waals surface area contributed by atoms with Crippen LogP contribution in [0, 0.1) is 6.92 Å². The van der Waals surface area contributed by atoms with Crippen LogP contribution in [-0.4, -0.2) is 17.1 Å². The van der Waals surface area contributed by atoms with E-state index in [4.69, 9.17) is 0 Å². The van der Waals surface area contributed by atoms with E-state index < -0.39 is 0 Å². The van der Waals surface area contributed by atoms with E-state index in [0.717, 1.165) is 10.7 Å². The van der Waals surface area contributed by atoms with Crippen LogP contribution in [0.4, 0.5) is 0 Å². The number of carbonyl (C=O) groups is 1. The Hall–Kier alpha value is -2.01. The molecule has 0 bridgehead atoms. The predicted octanol–water partition coefficient (Wildman–Crippen LogP) is 2.90. The summed E-state index contributed by atoms with van der Waals surface area (Å²) in [6.45, 7) is 3.95. The van der Waals surface area contributed by atoms with Crippen LogP contribution in [0.2, 0.25) is 0 Å². The summed E-state index contributed by atoms with van der Waals surface area (Å²) in [5.41, 5.74) is 4.65. The highest BCUT2D eigenvalue weighted by atomic mass is 32.1. The molecule has 0 spiro atoms. The van der Waals surface area contributed by atoms with E-state index in [-0.39, 0.29) is 18.2 Å². The first-order valence-corrected chi connectivity index (χ1v) is 7.31. The van der Waals surface area contributed by atoms with Crippen LogP contribution in [0.5, 0.6) is 0 Å². The maximum Gasteiger partial charge on any atom is 0.246 e. The van der Waals surface area contributed by atoms with Crippen molar-refractivity contribution in [3.05, 3.63) is 52.0 Å². The van der Waals surface area contributed by atoms with Crippen molar-refractivity contribution in [2.75, 3.05) is 0 Å². The van der Waals surface area contributed by atoms with Crippen LogP contribution >= 0.6 is 11.3 Å². The Morgan fingerprint density at radius 1 is 1.45 bits per heavy atom. The van der Waals surface area contributed by atoms with E-state index in [2.05, 4.69) is 15.5 Å². The largest absolute Gasteiger partial charge is 0.273 e. The van der Waals surface area contributed by atoms with Crippen molar-refractivity contribution < 1.29 is 4.79 Å². The first-order valence-electron chi connectivity index (χ1n) is 6.43. The summed E-state index contributed by atoms with van der Waals surface area (Å²) in [4.78, 5) is 15.9. The molecule has 1 N–H and O–H groups in total. The fourth-order valence-corrected chi connectivity index (χ4v) is 2.49. The number of aromatic nitrogens is 1. The second-order valence-electron chi connectivity index (χ2n) is 4.57. The quantitative estimate of drug-likeness (QED) is 0.679. The molecule has 0 aliphatic carbocycles. The summed E-state index contributed by atoms with van der Waals surface area (Å²) in [6.07, 6.45) is 2.01. The minimum Gasteiger partial charge on any atom is -0.273 e. The third-order valence-corrected chi connectivity index (χ3v) is 3.76. The molecule has 0 unspecified atom stereocenters. The monoisotopic (exact) mass is 287 g/mol. The van der Waals surface area contributed by atoms with Crippen molar-refractivity contribution in [1.82, 2.24) is 10.4 Å². The molecule has 1 heterocycles. The van der Waals surface area contributed by atoms with Crippen molar-refractivity contribution >= 4 is 23.5 Å². The van der Waals surface area contributed by atoms with E-state index >= 15 is 0 Å². The first-order chi connectivity index (χ1) is 9.65. The Morgan fingerprint density at radius 3 is 2.85 bits per heavy atom. The number of hydrogen-bond donors (Lipinski definition) is 1. The van der Waals surface area contributed by atoms with Gasteiger partial charge in [-0.25, -0.2) is 10.4 Å². The topological polar surface area (TPSA) is 54.4 Å². The van der Waals surface area contributed by atoms with Gasteiger partial charge in [-0.15, -0.1) is 11.3 Å². The summed E-state index contributed by atoms with van der Waals surface area (Å²) in [7, 11) is 0. The number of thiazole rings is 1. The maximum absolute atomic E-state index is 11.7. The van der Waals surface area contributed by atoms with Gasteiger partial charge < -0.3 is 0 Å². The SMILES string of the molecule is Cc1csc(CC(=O)N/N=C\[C@@H](C)c2ccccc2)n1. The molecule has 1 amide bonds. The van der Waals surface area contributed by atoms with Gasteiger partial charge in [0.15, 0.2) is 0 Å². The standard InChI is InChI=1S/C15H17N3OS/c1-11(13-6-4-3-5-7-13)9-16-18-14(19)8-15-17-12(2)10-20-15/h3-7,9-11H,8H2,1-2H3,(H,18,19)/b16-9-/t11-/m1/s1. The molecule has 2 aromatic rings. The van der Waals surface area contributed by atoms with E-state index in [9.17, 15) is 4.79 Å². The molecule has 104 valence electrons. The molecule has 0 aliphatic heterocycles. The number of benzene rings is 1. The molecule has 5 heteroatoms. The van der Waals surface area contributed by atoms with E-state index in [1.807, 2.05) is 49.6 Å². The van der Waals surface area contributed by atoms with E-state index in [0.29, 0.717) is 0 Å². The molecule has 1 aromatic heterocycles. The van der Waals surface area contributed by atoms with E-state index in [1.165, 1.54) is 16.9 Å². The van der Waals surface area contributed by atoms with Crippen molar-refractivity contribution in [2.45, 2.75) is 26.2 Å². The molecule has 1 aromatic carbocycles. The fourth-order valence-electron chi connectivity index (χ4n) is 1.72. The third kappa shape index (κ3) is 4.28. The van der Waals surface area contributed by atoms with Gasteiger partial charge >= 0.3 is 0 Å². The van der Waals surface area contributed by atoms with Gasteiger partial charge in [0.1, 0.15) is 5.01 Å². The zero-order valence-corrected chi connectivity index (χ0v) is 12.4. The summed E-state index contributed by atoms with van der Waals surface area (Å²) in [5, 5.41) is 6.75. The smallest absolute Gasteiger partial charge is 0.246 e. The fraction of sp³-hybridized carbons (Fsp3) is 0.267. The van der Waals surface area contributed by atoms with Crippen molar-refractivity contribution in [3.8, 4) is 0 Å². The lowest BCUT2D eigenvalue weighted by atomic mass is 10.0. The number of nitrogens with zero attached hydrogens (tertiary/aromatic N) is 2. The summed E-state index contributed by atoms with van der Waals surface area (Å²) >= 11 is 1.49. The average Bonchev–Trinajstić information content (AvgIpc) is 2.85. The number of nitrogens with one attached hydrogen (secondary N) is 1. The van der Waals surface area contributed by atoms with Gasteiger partial charge in [-0.1, -0.05) is 37.3 Å². The molecule has 0 fully saturated rings. The van der Waals surface area contributed by atoms with Gasteiger partial charge in [0.05, 0.1) is 6.42 Å². The minimum absolute atomic E-state index is 0.143. The molecular formula is C15H17N3OS. The molecular weight excluding hydrogens is 270 g/mol. The molecule has 0 aliphatic rings. The molecule has 0 saturated heterocycles. The van der Waals surface area contributed by atoms with Gasteiger partial charge in [0.25, 0.3) is 0 Å². The van der Waals surface area contributed by atoms with Crippen LogP contribution < -0.4 is 5.43 Å². The van der Waals surface area contributed by atoms with Crippen LogP contribution in [0.15, 0.2) is 40.8 Å². The lowest BCUT2D eigenvalue weighted by Crippen LogP contribution is -2.20. The van der Waals surface area contributed by atoms with Gasteiger partial charge in [0, 0.05) is 23.2 Å². The highest BCUT2D eigenvalue weighted by molar-refractivity contribution is 7.09. The van der Waals surface area contributed by atoms with Crippen LogP contribution in [-0.2, 0) is 11.2 Å². The van der Waals surface area contributed by atoms with Crippen LogP contribution in [0.1, 0.15) is 29.1 Å². The van der Waals surface area contributed by atoms with Crippen molar-refractivity contribution in [1.29, 1.82) is 0 Å². The van der Waals surface area contributed by atoms with Gasteiger partial charge in [-0.3, -0.25) is 4.79 Å². The third-order valence-electron chi connectivity index (χ3n) is 2.79. The highest BCUT2D eigenvalue weighted by Crippen LogP contribution is 2.11. The molecule has 1 atom stereocenters. The van der Waals surface area contributed by atoms with Gasteiger partial charge in [-0.2, -0.15) is 5.10 Å². The second-order valence-corrected chi connectivity index (χ2v) is 5.51. The Balaban J connectivity index is 1.82. The molecule has 0 saturated carbocycles. The van der Waals surface area contributed by atoms with Gasteiger partial charge in [0.2, 0.25) is 5.91 Å². The van der Waals surface area contributed by atoms with Crippen LogP contribution in [0.3, 0.4) is 0 Å². The number of hydrogen-bond acceptors (Lipinski definition) is 4. The Kier molecular flexibility index (Phi) is 5.01. The number of hydrazone groups is 1. The zero-order valence-electron chi connectivity index (χ0n) is 11.5. The summed E-state index contributed by atoms with van der Waals surface area (Å²) in [5.74, 6) is 0.0227. The number of rotatable bonds is 5. The molecule has 20 heavy (non-hydrogen) atoms. The average molecular weight is 287 g/mol. The first kappa shape index (κ1) is 14.4. The second kappa shape index (κ2) is 6.96. The van der Waals surface area contributed by atoms with Crippen molar-refractivity contribution in [3.63, 3.8) is 0 Å². The molecule has 2 rings (SSSR count). The number of amides is 1. The predicted molar refractivity (Wildman–Crippen MR) is 82.0 cm³/mol. The lowest BCUT2D eigenvalue weighted by Gasteiger charge is -2.05. The van der Waals surface area contributed by atoms with E-state index in [1.54, 1.807) is 6.21 Å². The van der Waals surface area contributed by atoms with Crippen molar-refractivity contribution in [2.24, 2.45) is 5.10 Å². The molecule has 0 radical (unpaired) electrons. The summed E-state index contributed by atoms with van der Waals surface area (Å²) < 4.78 is 0. The maximum atomic E-state index is 11.7. The minimum atomic E-state index is -0.143. The number of carbonyl (C=O) groups excluding carboxylic acids is 1. The molecule has 4 nitrogen and oxygen atoms in total. The zero-order chi connectivity index (χ0) is 14.4. The number of aryl methyl sites for hydroxylation is 1.